The molecule has 4 nitrogen and oxygen atoms in total. The molecule has 0 atom stereocenters. The van der Waals surface area contributed by atoms with Crippen LogP contribution in [0.3, 0.4) is 0 Å². The molecule has 1 aromatic carbocycles. The fourth-order valence-electron chi connectivity index (χ4n) is 2.63. The van der Waals surface area contributed by atoms with Gasteiger partial charge in [0.1, 0.15) is 0 Å². The summed E-state index contributed by atoms with van der Waals surface area (Å²) in [4.78, 5) is 26.2. The van der Waals surface area contributed by atoms with E-state index in [0.29, 0.717) is 25.2 Å². The third kappa shape index (κ3) is 3.84. The van der Waals surface area contributed by atoms with Crippen molar-refractivity contribution in [1.29, 1.82) is 0 Å². The molecule has 0 bridgehead atoms. The van der Waals surface area contributed by atoms with Crippen LogP contribution in [0.1, 0.15) is 35.7 Å². The predicted molar refractivity (Wildman–Crippen MR) is 86.2 cm³/mol. The van der Waals surface area contributed by atoms with E-state index in [-0.39, 0.29) is 17.7 Å². The van der Waals surface area contributed by atoms with Gasteiger partial charge in [-0.3, -0.25) is 9.59 Å². The summed E-state index contributed by atoms with van der Waals surface area (Å²) < 4.78 is 0.832. The van der Waals surface area contributed by atoms with E-state index in [9.17, 15) is 9.59 Å². The summed E-state index contributed by atoms with van der Waals surface area (Å²) in [5.41, 5.74) is 1.81. The molecule has 1 heterocycles. The number of hydrogen-bond acceptors (Lipinski definition) is 2. The molecule has 5 heteroatoms. The van der Waals surface area contributed by atoms with Crippen molar-refractivity contribution in [2.45, 2.75) is 26.7 Å². The molecule has 1 aliphatic rings. The first-order valence-corrected chi connectivity index (χ1v) is 8.15. The fraction of sp³-hybridized carbons (Fsp3) is 0.500. The van der Waals surface area contributed by atoms with E-state index in [4.69, 9.17) is 0 Å². The summed E-state index contributed by atoms with van der Waals surface area (Å²) in [6, 6.07) is 5.76. The van der Waals surface area contributed by atoms with Crippen molar-refractivity contribution < 1.29 is 9.59 Å². The summed E-state index contributed by atoms with van der Waals surface area (Å²) in [5, 5.41) is 2.86. The molecule has 2 rings (SSSR count). The molecule has 1 N–H and O–H groups in total. The van der Waals surface area contributed by atoms with Gasteiger partial charge in [-0.1, -0.05) is 6.07 Å². The molecule has 0 unspecified atom stereocenters. The second kappa shape index (κ2) is 7.07. The summed E-state index contributed by atoms with van der Waals surface area (Å²) in [5.74, 6) is 0.188. The van der Waals surface area contributed by atoms with Crippen molar-refractivity contribution in [2.24, 2.45) is 5.92 Å². The first-order valence-electron chi connectivity index (χ1n) is 7.36. The first kappa shape index (κ1) is 16.0. The minimum absolute atomic E-state index is 0.0375. The molecule has 0 saturated carbocycles. The van der Waals surface area contributed by atoms with Crippen LogP contribution in [0.4, 0.5) is 0 Å². The van der Waals surface area contributed by atoms with Crippen LogP contribution in [0.5, 0.6) is 0 Å². The molecular weight excluding hydrogens is 332 g/mol. The Morgan fingerprint density at radius 3 is 2.57 bits per heavy atom. The quantitative estimate of drug-likeness (QED) is 0.909. The molecule has 0 aromatic heterocycles. The summed E-state index contributed by atoms with van der Waals surface area (Å²) >= 11 is 3.46. The maximum Gasteiger partial charge on any atom is 0.254 e. The molecule has 0 spiro atoms. The normalized spacial score (nSPS) is 15.9. The van der Waals surface area contributed by atoms with Gasteiger partial charge in [0.05, 0.1) is 5.56 Å². The van der Waals surface area contributed by atoms with Gasteiger partial charge in [0, 0.05) is 30.0 Å². The number of nitrogens with zero attached hydrogens (tertiary/aromatic N) is 1. The Balaban J connectivity index is 1.98. The van der Waals surface area contributed by atoms with Gasteiger partial charge in [0.15, 0.2) is 0 Å². The average Bonchev–Trinajstić information content (AvgIpc) is 2.47. The highest BCUT2D eigenvalue weighted by atomic mass is 79.9. The number of piperidine rings is 1. The maximum absolute atomic E-state index is 12.5. The van der Waals surface area contributed by atoms with Crippen molar-refractivity contribution in [3.8, 4) is 0 Å². The van der Waals surface area contributed by atoms with Crippen molar-refractivity contribution in [3.05, 3.63) is 33.8 Å². The number of hydrogen-bond donors (Lipinski definition) is 1. The second-order valence-corrected chi connectivity index (χ2v) is 6.30. The minimum atomic E-state index is 0.0375. The molecule has 21 heavy (non-hydrogen) atoms. The zero-order chi connectivity index (χ0) is 15.4. The zero-order valence-electron chi connectivity index (χ0n) is 12.5. The third-order valence-corrected chi connectivity index (χ3v) is 4.52. The van der Waals surface area contributed by atoms with Gasteiger partial charge < -0.3 is 10.2 Å². The number of likely N-dealkylation sites (tertiary alicyclic amines) is 1. The highest BCUT2D eigenvalue weighted by molar-refractivity contribution is 9.10. The van der Waals surface area contributed by atoms with E-state index in [2.05, 4.69) is 21.2 Å². The molecule has 0 aliphatic carbocycles. The monoisotopic (exact) mass is 352 g/mol. The zero-order valence-corrected chi connectivity index (χ0v) is 14.1. The Labute approximate surface area is 134 Å². The van der Waals surface area contributed by atoms with Crippen molar-refractivity contribution >= 4 is 27.7 Å². The van der Waals surface area contributed by atoms with E-state index < -0.39 is 0 Å². The number of rotatable bonds is 3. The lowest BCUT2D eigenvalue weighted by Gasteiger charge is -2.31. The molecule has 0 radical (unpaired) electrons. The topological polar surface area (TPSA) is 49.4 Å². The molecule has 114 valence electrons. The van der Waals surface area contributed by atoms with Crippen LogP contribution >= 0.6 is 15.9 Å². The van der Waals surface area contributed by atoms with Crippen LogP contribution in [-0.2, 0) is 4.79 Å². The van der Waals surface area contributed by atoms with Crippen molar-refractivity contribution in [2.75, 3.05) is 19.6 Å². The Bertz CT molecular complexity index is 537. The predicted octanol–water partition coefficient (Wildman–Crippen LogP) is 2.75. The summed E-state index contributed by atoms with van der Waals surface area (Å²) in [6.07, 6.45) is 1.47. The van der Waals surface area contributed by atoms with Gasteiger partial charge in [0.25, 0.3) is 5.91 Å². The van der Waals surface area contributed by atoms with Crippen LogP contribution in [0.2, 0.25) is 0 Å². The smallest absolute Gasteiger partial charge is 0.254 e. The Morgan fingerprint density at radius 1 is 1.33 bits per heavy atom. The standard InChI is InChI=1S/C16H21BrN2O2/c1-3-18-15(20)12-6-8-19(9-7-12)16(21)13-5-4-11(2)10-14(13)17/h4-5,10,12H,3,6-9H2,1-2H3,(H,18,20). The number of amides is 2. The van der Waals surface area contributed by atoms with Crippen LogP contribution in [-0.4, -0.2) is 36.3 Å². The highest BCUT2D eigenvalue weighted by Crippen LogP contribution is 2.23. The van der Waals surface area contributed by atoms with Crippen LogP contribution in [0, 0.1) is 12.8 Å². The third-order valence-electron chi connectivity index (χ3n) is 3.86. The SMILES string of the molecule is CCNC(=O)C1CCN(C(=O)c2ccc(C)cc2Br)CC1. The van der Waals surface area contributed by atoms with Gasteiger partial charge in [0.2, 0.25) is 5.91 Å². The van der Waals surface area contributed by atoms with E-state index >= 15 is 0 Å². The highest BCUT2D eigenvalue weighted by Gasteiger charge is 2.28. The summed E-state index contributed by atoms with van der Waals surface area (Å²) in [7, 11) is 0. The number of carbonyl (C=O) groups is 2. The molecule has 1 aliphatic heterocycles. The van der Waals surface area contributed by atoms with Crippen LogP contribution in [0.25, 0.3) is 0 Å². The van der Waals surface area contributed by atoms with Crippen molar-refractivity contribution in [3.63, 3.8) is 0 Å². The van der Waals surface area contributed by atoms with E-state index in [1.807, 2.05) is 36.9 Å². The number of carbonyl (C=O) groups excluding carboxylic acids is 2. The first-order chi connectivity index (χ1) is 10.0. The Kier molecular flexibility index (Phi) is 5.39. The Morgan fingerprint density at radius 2 is 2.00 bits per heavy atom. The van der Waals surface area contributed by atoms with Gasteiger partial charge in [-0.25, -0.2) is 0 Å². The van der Waals surface area contributed by atoms with Gasteiger partial charge >= 0.3 is 0 Å². The Hall–Kier alpha value is -1.36. The lowest BCUT2D eigenvalue weighted by atomic mass is 9.95. The van der Waals surface area contributed by atoms with Gasteiger partial charge in [-0.15, -0.1) is 0 Å². The molecule has 1 saturated heterocycles. The average molecular weight is 353 g/mol. The lowest BCUT2D eigenvalue weighted by Crippen LogP contribution is -2.43. The van der Waals surface area contributed by atoms with Crippen molar-refractivity contribution in [1.82, 2.24) is 10.2 Å². The van der Waals surface area contributed by atoms with Crippen LogP contribution < -0.4 is 5.32 Å². The van der Waals surface area contributed by atoms with Gasteiger partial charge in [-0.2, -0.15) is 0 Å². The largest absolute Gasteiger partial charge is 0.356 e. The molecule has 2 amide bonds. The number of nitrogens with one attached hydrogen (secondary N) is 1. The van der Waals surface area contributed by atoms with E-state index in [0.717, 1.165) is 22.9 Å². The molecule has 1 aromatic rings. The minimum Gasteiger partial charge on any atom is -0.356 e. The van der Waals surface area contributed by atoms with Gasteiger partial charge in [-0.05, 0) is 60.3 Å². The van der Waals surface area contributed by atoms with E-state index in [1.165, 1.54) is 0 Å². The second-order valence-electron chi connectivity index (χ2n) is 5.44. The molecule has 1 fully saturated rings. The summed E-state index contributed by atoms with van der Waals surface area (Å²) in [6.45, 7) is 5.86. The number of benzene rings is 1. The lowest BCUT2D eigenvalue weighted by molar-refractivity contribution is -0.126. The fourth-order valence-corrected chi connectivity index (χ4v) is 3.29. The number of halogens is 1. The maximum atomic E-state index is 12.5. The van der Waals surface area contributed by atoms with E-state index in [1.54, 1.807) is 0 Å². The van der Waals surface area contributed by atoms with Crippen LogP contribution in [0.15, 0.2) is 22.7 Å². The number of aryl methyl sites for hydroxylation is 1. The molecular formula is C16H21BrN2O2.